The third kappa shape index (κ3) is 1.73. The van der Waals surface area contributed by atoms with Gasteiger partial charge in [0.1, 0.15) is 6.17 Å². The first-order valence-corrected chi connectivity index (χ1v) is 7.54. The zero-order valence-corrected chi connectivity index (χ0v) is 13.3. The normalized spacial score (nSPS) is 18.1. The number of pyridine rings is 1. The molecule has 0 saturated carbocycles. The molecule has 1 atom stereocenters. The number of aryl methyl sites for hydroxylation is 2. The Morgan fingerprint density at radius 2 is 1.82 bits per heavy atom. The molecular formula is C18H19N3O. The number of aromatic nitrogens is 1. The van der Waals surface area contributed by atoms with Crippen molar-refractivity contribution in [3.8, 4) is 0 Å². The van der Waals surface area contributed by atoms with E-state index >= 15 is 0 Å². The van der Waals surface area contributed by atoms with Crippen molar-refractivity contribution in [3.63, 3.8) is 0 Å². The van der Waals surface area contributed by atoms with Crippen LogP contribution in [0.15, 0.2) is 41.1 Å². The summed E-state index contributed by atoms with van der Waals surface area (Å²) in [5.74, 6) is 0. The van der Waals surface area contributed by atoms with Gasteiger partial charge in [-0.05, 0) is 38.5 Å². The zero-order chi connectivity index (χ0) is 15.4. The zero-order valence-electron chi connectivity index (χ0n) is 13.3. The smallest absolute Gasteiger partial charge is 0.227 e. The van der Waals surface area contributed by atoms with Gasteiger partial charge in [-0.2, -0.15) is 0 Å². The molecule has 1 aliphatic heterocycles. The number of benzene rings is 1. The molecular weight excluding hydrogens is 274 g/mol. The quantitative estimate of drug-likeness (QED) is 0.674. The van der Waals surface area contributed by atoms with Crippen molar-refractivity contribution in [3.05, 3.63) is 47.9 Å². The summed E-state index contributed by atoms with van der Waals surface area (Å²) in [6, 6.07) is 8.41. The number of fused-ring (bicyclic) bond motifs is 3. The molecule has 0 radical (unpaired) electrons. The molecule has 3 aromatic rings. The highest BCUT2D eigenvalue weighted by molar-refractivity contribution is 6.08. The van der Waals surface area contributed by atoms with Crippen molar-refractivity contribution < 1.29 is 4.42 Å². The number of furan rings is 1. The molecule has 1 aliphatic rings. The largest absolute Gasteiger partial charge is 0.435 e. The van der Waals surface area contributed by atoms with Gasteiger partial charge in [0.2, 0.25) is 5.71 Å². The van der Waals surface area contributed by atoms with E-state index in [1.807, 2.05) is 13.0 Å². The summed E-state index contributed by atoms with van der Waals surface area (Å²) < 4.78 is 6.14. The molecule has 0 saturated heterocycles. The summed E-state index contributed by atoms with van der Waals surface area (Å²) in [7, 11) is 2.08. The van der Waals surface area contributed by atoms with Crippen molar-refractivity contribution >= 4 is 27.8 Å². The number of hydrogen-bond acceptors (Lipinski definition) is 4. The van der Waals surface area contributed by atoms with Crippen molar-refractivity contribution in [1.29, 1.82) is 0 Å². The summed E-state index contributed by atoms with van der Waals surface area (Å²) in [6.45, 7) is 6.29. The van der Waals surface area contributed by atoms with E-state index in [1.54, 1.807) is 0 Å². The van der Waals surface area contributed by atoms with Gasteiger partial charge in [0.15, 0.2) is 5.58 Å². The summed E-state index contributed by atoms with van der Waals surface area (Å²) in [6.07, 6.45) is 4.47. The first kappa shape index (κ1) is 13.2. The lowest BCUT2D eigenvalue weighted by Crippen LogP contribution is -2.33. The van der Waals surface area contributed by atoms with E-state index in [2.05, 4.69) is 66.3 Å². The molecule has 0 bridgehead atoms. The van der Waals surface area contributed by atoms with Crippen LogP contribution in [0.3, 0.4) is 0 Å². The second kappa shape index (κ2) is 4.50. The molecule has 4 rings (SSSR count). The van der Waals surface area contributed by atoms with E-state index in [4.69, 9.17) is 4.42 Å². The number of rotatable bonds is 1. The molecule has 112 valence electrons. The average Bonchev–Trinajstić information content (AvgIpc) is 3.00. The minimum atomic E-state index is 0.271. The lowest BCUT2D eigenvalue weighted by molar-refractivity contribution is 0.383. The maximum absolute atomic E-state index is 6.14. The molecule has 1 aromatic carbocycles. The van der Waals surface area contributed by atoms with Crippen LogP contribution in [-0.4, -0.2) is 23.1 Å². The topological polar surface area (TPSA) is 32.5 Å². The first-order valence-electron chi connectivity index (χ1n) is 7.54. The highest BCUT2D eigenvalue weighted by Crippen LogP contribution is 2.38. The van der Waals surface area contributed by atoms with E-state index in [0.717, 1.165) is 27.7 Å². The van der Waals surface area contributed by atoms with Crippen LogP contribution in [0.2, 0.25) is 0 Å². The Morgan fingerprint density at radius 3 is 2.55 bits per heavy atom. The van der Waals surface area contributed by atoms with Crippen LogP contribution in [0.1, 0.15) is 18.2 Å². The number of anilines is 1. The van der Waals surface area contributed by atoms with Gasteiger partial charge in [0.05, 0.1) is 5.69 Å². The molecule has 3 heterocycles. The van der Waals surface area contributed by atoms with E-state index in [1.165, 1.54) is 5.56 Å². The van der Waals surface area contributed by atoms with Gasteiger partial charge in [-0.15, -0.1) is 0 Å². The van der Waals surface area contributed by atoms with Gasteiger partial charge < -0.3 is 14.2 Å². The van der Waals surface area contributed by atoms with E-state index in [-0.39, 0.29) is 6.17 Å². The minimum Gasteiger partial charge on any atom is -0.435 e. The minimum absolute atomic E-state index is 0.271. The third-order valence-electron chi connectivity index (χ3n) is 4.53. The Labute approximate surface area is 129 Å². The molecule has 0 aliphatic carbocycles. The van der Waals surface area contributed by atoms with E-state index in [9.17, 15) is 0 Å². The average molecular weight is 293 g/mol. The predicted octanol–water partition coefficient (Wildman–Crippen LogP) is 4.17. The Kier molecular flexibility index (Phi) is 2.70. The monoisotopic (exact) mass is 293 g/mol. The van der Waals surface area contributed by atoms with Crippen molar-refractivity contribution in [2.24, 2.45) is 0 Å². The maximum atomic E-state index is 6.14. The van der Waals surface area contributed by atoms with Gasteiger partial charge in [0, 0.05) is 35.9 Å². The third-order valence-corrected chi connectivity index (χ3v) is 4.53. The molecule has 1 unspecified atom stereocenters. The highest BCUT2D eigenvalue weighted by Gasteiger charge is 2.25. The van der Waals surface area contributed by atoms with Crippen LogP contribution >= 0.6 is 0 Å². The van der Waals surface area contributed by atoms with Crippen LogP contribution in [0.5, 0.6) is 0 Å². The van der Waals surface area contributed by atoms with Gasteiger partial charge in [-0.3, -0.25) is 0 Å². The second-order valence-electron chi connectivity index (χ2n) is 6.02. The highest BCUT2D eigenvalue weighted by atomic mass is 16.3. The van der Waals surface area contributed by atoms with Crippen molar-refractivity contribution in [2.75, 3.05) is 11.9 Å². The molecule has 0 fully saturated rings. The fourth-order valence-electron chi connectivity index (χ4n) is 3.10. The Bertz CT molecular complexity index is 909. The lowest BCUT2D eigenvalue weighted by Gasteiger charge is -2.28. The molecule has 0 N–H and O–H groups in total. The fraction of sp³-hybridized carbons (Fsp3) is 0.278. The van der Waals surface area contributed by atoms with Crippen molar-refractivity contribution in [1.82, 2.24) is 9.88 Å². The predicted molar refractivity (Wildman–Crippen MR) is 89.8 cm³/mol. The summed E-state index contributed by atoms with van der Waals surface area (Å²) >= 11 is 0. The molecule has 2 aromatic heterocycles. The van der Waals surface area contributed by atoms with Crippen LogP contribution in [0.4, 0.5) is 5.69 Å². The van der Waals surface area contributed by atoms with E-state index < -0.39 is 0 Å². The van der Waals surface area contributed by atoms with Gasteiger partial charge in [-0.25, -0.2) is 4.98 Å². The summed E-state index contributed by atoms with van der Waals surface area (Å²) in [4.78, 5) is 8.97. The molecule has 0 amide bonds. The van der Waals surface area contributed by atoms with Crippen molar-refractivity contribution in [2.45, 2.75) is 26.9 Å². The molecule has 4 heteroatoms. The number of hydrogen-bond donors (Lipinski definition) is 0. The second-order valence-corrected chi connectivity index (χ2v) is 6.02. The van der Waals surface area contributed by atoms with Crippen LogP contribution in [0.25, 0.3) is 22.1 Å². The van der Waals surface area contributed by atoms with Gasteiger partial charge in [-0.1, -0.05) is 12.1 Å². The van der Waals surface area contributed by atoms with Gasteiger partial charge in [0.25, 0.3) is 0 Å². The Balaban J connectivity index is 2.03. The lowest BCUT2D eigenvalue weighted by atomic mass is 10.1. The van der Waals surface area contributed by atoms with Crippen LogP contribution < -0.4 is 4.90 Å². The molecule has 22 heavy (non-hydrogen) atoms. The molecule has 0 spiro atoms. The Hall–Kier alpha value is -2.49. The fourth-order valence-corrected chi connectivity index (χ4v) is 3.10. The van der Waals surface area contributed by atoms with Crippen LogP contribution in [-0.2, 0) is 0 Å². The maximum Gasteiger partial charge on any atom is 0.227 e. The van der Waals surface area contributed by atoms with Crippen LogP contribution in [0, 0.1) is 13.8 Å². The molecule has 4 nitrogen and oxygen atoms in total. The standard InChI is InChI=1S/C18H19N3O/c1-11-5-7-14-15-8-6-12(2)19-18(15)22-17(14)16(11)21-10-9-20(4)13(21)3/h5-10,13H,1-4H3. The summed E-state index contributed by atoms with van der Waals surface area (Å²) in [5, 5.41) is 2.20. The summed E-state index contributed by atoms with van der Waals surface area (Å²) in [5.41, 5.74) is 4.93. The van der Waals surface area contributed by atoms with Gasteiger partial charge >= 0.3 is 0 Å². The van der Waals surface area contributed by atoms with E-state index in [0.29, 0.717) is 5.71 Å². The first-order chi connectivity index (χ1) is 10.6. The Morgan fingerprint density at radius 1 is 1.05 bits per heavy atom. The SMILES string of the molecule is Cc1ccc2c(n1)oc1c(N3C=CN(C)C3C)c(C)ccc12. The number of nitrogens with zero attached hydrogens (tertiary/aromatic N) is 3.